The van der Waals surface area contributed by atoms with E-state index >= 15 is 0 Å². The van der Waals surface area contributed by atoms with E-state index in [4.69, 9.17) is 11.6 Å². The van der Waals surface area contributed by atoms with E-state index in [0.29, 0.717) is 11.8 Å². The average molecular weight is 252 g/mol. The fourth-order valence-electron chi connectivity index (χ4n) is 2.45. The van der Waals surface area contributed by atoms with Crippen LogP contribution in [-0.4, -0.2) is 23.9 Å². The van der Waals surface area contributed by atoms with Gasteiger partial charge < -0.3 is 0 Å². The molecule has 1 heterocycles. The van der Waals surface area contributed by atoms with Gasteiger partial charge in [0.1, 0.15) is 0 Å². The topological polar surface area (TPSA) is 3.24 Å². The van der Waals surface area contributed by atoms with E-state index in [-0.39, 0.29) is 0 Å². The van der Waals surface area contributed by atoms with E-state index in [1.807, 2.05) is 0 Å². The van der Waals surface area contributed by atoms with Crippen LogP contribution in [0.1, 0.15) is 37.3 Å². The maximum atomic E-state index is 5.91. The summed E-state index contributed by atoms with van der Waals surface area (Å²) in [5.41, 5.74) is 2.85. The van der Waals surface area contributed by atoms with E-state index in [1.165, 1.54) is 24.1 Å². The number of nitrogens with zero attached hydrogens (tertiary/aromatic N) is 1. The number of hydrogen-bond donors (Lipinski definition) is 0. The van der Waals surface area contributed by atoms with Crippen molar-refractivity contribution in [1.82, 2.24) is 4.90 Å². The third-order valence-corrected chi connectivity index (χ3v) is 4.08. The van der Waals surface area contributed by atoms with E-state index in [9.17, 15) is 0 Å². The number of hydrogen-bond acceptors (Lipinski definition) is 1. The molecule has 0 N–H and O–H groups in total. The molecule has 1 aromatic carbocycles. The lowest BCUT2D eigenvalue weighted by atomic mass is 10.0. The molecule has 0 aliphatic carbocycles. The van der Waals surface area contributed by atoms with Gasteiger partial charge in [0.2, 0.25) is 0 Å². The minimum atomic E-state index is 0.622. The zero-order valence-electron chi connectivity index (χ0n) is 10.8. The monoisotopic (exact) mass is 251 g/mol. The van der Waals surface area contributed by atoms with Crippen molar-refractivity contribution in [2.45, 2.75) is 32.7 Å². The number of alkyl halides is 1. The Morgan fingerprint density at radius 3 is 2.53 bits per heavy atom. The van der Waals surface area contributed by atoms with Gasteiger partial charge in [-0.2, -0.15) is 0 Å². The Hall–Kier alpha value is -0.530. The van der Waals surface area contributed by atoms with Crippen molar-refractivity contribution in [2.24, 2.45) is 5.92 Å². The minimum absolute atomic E-state index is 0.622. The van der Waals surface area contributed by atoms with Gasteiger partial charge in [0.15, 0.2) is 0 Å². The summed E-state index contributed by atoms with van der Waals surface area (Å²) >= 11 is 5.91. The molecule has 1 saturated heterocycles. The third kappa shape index (κ3) is 3.46. The molecule has 94 valence electrons. The molecule has 1 aliphatic rings. The zero-order chi connectivity index (χ0) is 12.3. The average Bonchev–Trinajstić information content (AvgIpc) is 2.77. The third-order valence-electron chi connectivity index (χ3n) is 3.64. The van der Waals surface area contributed by atoms with Crippen LogP contribution in [0.4, 0.5) is 0 Å². The van der Waals surface area contributed by atoms with Crippen molar-refractivity contribution in [3.05, 3.63) is 35.4 Å². The Bertz CT molecular complexity index is 344. The van der Waals surface area contributed by atoms with Crippen molar-refractivity contribution in [3.63, 3.8) is 0 Å². The molecule has 0 radical (unpaired) electrons. The molecular formula is C15H22ClN. The van der Waals surface area contributed by atoms with Gasteiger partial charge in [0.05, 0.1) is 0 Å². The molecule has 1 nitrogen and oxygen atoms in total. The highest BCUT2D eigenvalue weighted by Crippen LogP contribution is 2.21. The number of benzene rings is 1. The first-order valence-corrected chi connectivity index (χ1v) is 7.09. The lowest BCUT2D eigenvalue weighted by molar-refractivity contribution is 0.321. The maximum Gasteiger partial charge on any atom is 0.0264 e. The van der Waals surface area contributed by atoms with E-state index in [0.717, 1.165) is 19.0 Å². The Kier molecular flexibility index (Phi) is 4.47. The van der Waals surface area contributed by atoms with E-state index in [2.05, 4.69) is 43.0 Å². The largest absolute Gasteiger partial charge is 0.299 e. The molecular weight excluding hydrogens is 230 g/mol. The zero-order valence-corrected chi connectivity index (χ0v) is 11.6. The summed E-state index contributed by atoms with van der Waals surface area (Å²) in [6.45, 7) is 7.91. The minimum Gasteiger partial charge on any atom is -0.299 e. The Morgan fingerprint density at radius 2 is 2.00 bits per heavy atom. The molecule has 2 rings (SSSR count). The van der Waals surface area contributed by atoms with Crippen molar-refractivity contribution >= 4 is 11.6 Å². The van der Waals surface area contributed by atoms with Crippen LogP contribution in [0.5, 0.6) is 0 Å². The molecule has 1 fully saturated rings. The first-order chi connectivity index (χ1) is 8.19. The first-order valence-electron chi connectivity index (χ1n) is 6.56. The standard InChI is InChI=1S/C15H22ClN/c1-12(2)15-5-3-13(4-6-15)10-17-8-7-14(9-16)11-17/h3-6,12,14H,7-11H2,1-2H3. The SMILES string of the molecule is CC(C)c1ccc(CN2CCC(CCl)C2)cc1. The Morgan fingerprint density at radius 1 is 1.29 bits per heavy atom. The lowest BCUT2D eigenvalue weighted by Crippen LogP contribution is -2.20. The Balaban J connectivity index is 1.91. The van der Waals surface area contributed by atoms with Crippen molar-refractivity contribution in [2.75, 3.05) is 19.0 Å². The number of likely N-dealkylation sites (tertiary alicyclic amines) is 1. The predicted octanol–water partition coefficient (Wildman–Crippen LogP) is 3.87. The molecule has 1 unspecified atom stereocenters. The van der Waals surface area contributed by atoms with Gasteiger partial charge in [0, 0.05) is 19.0 Å². The summed E-state index contributed by atoms with van der Waals surface area (Å²) in [7, 11) is 0. The molecule has 1 aliphatic heterocycles. The van der Waals surface area contributed by atoms with Gasteiger partial charge in [-0.1, -0.05) is 38.1 Å². The van der Waals surface area contributed by atoms with Gasteiger partial charge in [-0.15, -0.1) is 11.6 Å². The molecule has 0 saturated carbocycles. The van der Waals surface area contributed by atoms with Crippen LogP contribution in [0.3, 0.4) is 0 Å². The van der Waals surface area contributed by atoms with Gasteiger partial charge in [-0.05, 0) is 35.9 Å². The fraction of sp³-hybridized carbons (Fsp3) is 0.600. The summed E-state index contributed by atoms with van der Waals surface area (Å²) < 4.78 is 0. The van der Waals surface area contributed by atoms with Crippen LogP contribution in [0.25, 0.3) is 0 Å². The second-order valence-electron chi connectivity index (χ2n) is 5.44. The van der Waals surface area contributed by atoms with Gasteiger partial charge in [-0.3, -0.25) is 4.90 Å². The molecule has 2 heteroatoms. The number of rotatable bonds is 4. The van der Waals surface area contributed by atoms with E-state index < -0.39 is 0 Å². The smallest absolute Gasteiger partial charge is 0.0264 e. The molecule has 1 aromatic rings. The number of halogens is 1. The highest BCUT2D eigenvalue weighted by atomic mass is 35.5. The normalized spacial score (nSPS) is 21.3. The van der Waals surface area contributed by atoms with Crippen molar-refractivity contribution in [1.29, 1.82) is 0 Å². The highest BCUT2D eigenvalue weighted by Gasteiger charge is 2.21. The van der Waals surface area contributed by atoms with Crippen LogP contribution in [0.2, 0.25) is 0 Å². The first kappa shape index (κ1) is 12.9. The predicted molar refractivity (Wildman–Crippen MR) is 74.6 cm³/mol. The molecule has 1 atom stereocenters. The quantitative estimate of drug-likeness (QED) is 0.735. The van der Waals surface area contributed by atoms with Crippen LogP contribution < -0.4 is 0 Å². The summed E-state index contributed by atoms with van der Waals surface area (Å²) in [5, 5.41) is 0. The fourth-order valence-corrected chi connectivity index (χ4v) is 2.70. The molecule has 0 spiro atoms. The van der Waals surface area contributed by atoms with Crippen LogP contribution in [0.15, 0.2) is 24.3 Å². The van der Waals surface area contributed by atoms with Gasteiger partial charge in [-0.25, -0.2) is 0 Å². The van der Waals surface area contributed by atoms with E-state index in [1.54, 1.807) is 0 Å². The van der Waals surface area contributed by atoms with Crippen LogP contribution in [0, 0.1) is 5.92 Å². The summed E-state index contributed by atoms with van der Waals surface area (Å²) in [6.07, 6.45) is 1.26. The second kappa shape index (κ2) is 5.88. The van der Waals surface area contributed by atoms with Gasteiger partial charge in [0.25, 0.3) is 0 Å². The highest BCUT2D eigenvalue weighted by molar-refractivity contribution is 6.18. The summed E-state index contributed by atoms with van der Waals surface area (Å²) in [6, 6.07) is 9.05. The van der Waals surface area contributed by atoms with Crippen molar-refractivity contribution < 1.29 is 0 Å². The molecule has 17 heavy (non-hydrogen) atoms. The Labute approximate surface area is 110 Å². The van der Waals surface area contributed by atoms with Crippen LogP contribution in [-0.2, 0) is 6.54 Å². The summed E-state index contributed by atoms with van der Waals surface area (Å²) in [5.74, 6) is 2.13. The van der Waals surface area contributed by atoms with Crippen molar-refractivity contribution in [3.8, 4) is 0 Å². The van der Waals surface area contributed by atoms with Gasteiger partial charge >= 0.3 is 0 Å². The van der Waals surface area contributed by atoms with Crippen LogP contribution >= 0.6 is 11.6 Å². The maximum absolute atomic E-state index is 5.91. The molecule has 0 aromatic heterocycles. The molecule has 0 amide bonds. The summed E-state index contributed by atoms with van der Waals surface area (Å²) in [4.78, 5) is 2.51. The molecule has 0 bridgehead atoms. The lowest BCUT2D eigenvalue weighted by Gasteiger charge is -2.16. The second-order valence-corrected chi connectivity index (χ2v) is 5.75.